The van der Waals surface area contributed by atoms with E-state index in [0.29, 0.717) is 0 Å². The lowest BCUT2D eigenvalue weighted by Crippen LogP contribution is -2.34. The molecule has 0 aliphatic heterocycles. The lowest BCUT2D eigenvalue weighted by Gasteiger charge is -2.13. The van der Waals surface area contributed by atoms with Gasteiger partial charge in [-0.15, -0.1) is 0 Å². The first-order valence-electron chi connectivity index (χ1n) is 5.14. The number of amides is 2. The number of carbonyl (C=O) groups is 1. The van der Waals surface area contributed by atoms with Gasteiger partial charge in [0, 0.05) is 16.2 Å². The van der Waals surface area contributed by atoms with Crippen molar-refractivity contribution in [2.45, 2.75) is 26.1 Å². The highest BCUT2D eigenvalue weighted by molar-refractivity contribution is 9.10. The molecule has 0 aliphatic rings. The Morgan fingerprint density at radius 2 is 1.94 bits per heavy atom. The molecule has 0 aliphatic carbocycles. The van der Waals surface area contributed by atoms with Crippen molar-refractivity contribution in [1.82, 2.24) is 5.32 Å². The number of rotatable bonds is 2. The van der Waals surface area contributed by atoms with Gasteiger partial charge in [-0.1, -0.05) is 15.9 Å². The number of carbonyl (C=O) groups excluding carboxylic acids is 1. The summed E-state index contributed by atoms with van der Waals surface area (Å²) in [5.41, 5.74) is -0.742. The molecule has 0 spiro atoms. The highest BCUT2D eigenvalue weighted by Crippen LogP contribution is 2.36. The van der Waals surface area contributed by atoms with E-state index in [9.17, 15) is 18.0 Å². The fourth-order valence-corrected chi connectivity index (χ4v) is 1.72. The van der Waals surface area contributed by atoms with Crippen molar-refractivity contribution in [1.29, 1.82) is 0 Å². The van der Waals surface area contributed by atoms with Crippen molar-refractivity contribution in [2.75, 3.05) is 5.32 Å². The number of nitrogens with one attached hydrogen (secondary N) is 2. The van der Waals surface area contributed by atoms with Gasteiger partial charge in [-0.05, 0) is 32.0 Å². The lowest BCUT2D eigenvalue weighted by atomic mass is 10.2. The number of hydrogen-bond donors (Lipinski definition) is 2. The SMILES string of the molecule is CC(C)NC(=O)Nc1ccc(Br)c(C(F)(F)F)c1. The molecule has 0 radical (unpaired) electrons. The van der Waals surface area contributed by atoms with E-state index in [2.05, 4.69) is 26.6 Å². The molecule has 2 N–H and O–H groups in total. The molecule has 1 rings (SSSR count). The number of hydrogen-bond acceptors (Lipinski definition) is 1. The van der Waals surface area contributed by atoms with Gasteiger partial charge < -0.3 is 10.6 Å². The van der Waals surface area contributed by atoms with Crippen molar-refractivity contribution in [3.63, 3.8) is 0 Å². The Morgan fingerprint density at radius 3 is 2.44 bits per heavy atom. The van der Waals surface area contributed by atoms with Gasteiger partial charge in [-0.3, -0.25) is 0 Å². The van der Waals surface area contributed by atoms with Gasteiger partial charge in [0.05, 0.1) is 5.56 Å². The van der Waals surface area contributed by atoms with Crippen molar-refractivity contribution in [2.24, 2.45) is 0 Å². The first-order valence-corrected chi connectivity index (χ1v) is 5.93. The van der Waals surface area contributed by atoms with Crippen LogP contribution in [0.2, 0.25) is 0 Å². The molecular weight excluding hydrogens is 313 g/mol. The van der Waals surface area contributed by atoms with E-state index in [0.717, 1.165) is 6.07 Å². The average molecular weight is 325 g/mol. The third-order valence-corrected chi connectivity index (χ3v) is 2.64. The molecule has 0 unspecified atom stereocenters. The molecule has 7 heteroatoms. The number of halogens is 4. The van der Waals surface area contributed by atoms with Crippen LogP contribution in [0.5, 0.6) is 0 Å². The lowest BCUT2D eigenvalue weighted by molar-refractivity contribution is -0.138. The first kappa shape index (κ1) is 14.8. The molecule has 0 aromatic heterocycles. The molecule has 3 nitrogen and oxygen atoms in total. The third kappa shape index (κ3) is 4.21. The van der Waals surface area contributed by atoms with E-state index in [4.69, 9.17) is 0 Å². The molecular formula is C11H12BrF3N2O. The summed E-state index contributed by atoms with van der Waals surface area (Å²) < 4.78 is 37.8. The Hall–Kier alpha value is -1.24. The monoisotopic (exact) mass is 324 g/mol. The van der Waals surface area contributed by atoms with Gasteiger partial charge in [0.1, 0.15) is 0 Å². The Bertz CT molecular complexity index is 446. The van der Waals surface area contributed by atoms with Crippen molar-refractivity contribution in [3.05, 3.63) is 28.2 Å². The van der Waals surface area contributed by atoms with Crippen LogP contribution in [0.25, 0.3) is 0 Å². The van der Waals surface area contributed by atoms with Crippen LogP contribution in [0.4, 0.5) is 23.7 Å². The second-order valence-electron chi connectivity index (χ2n) is 3.95. The zero-order valence-electron chi connectivity index (χ0n) is 9.73. The highest BCUT2D eigenvalue weighted by atomic mass is 79.9. The number of benzene rings is 1. The zero-order chi connectivity index (χ0) is 13.9. The molecule has 0 bridgehead atoms. The maximum absolute atomic E-state index is 12.6. The molecule has 0 saturated carbocycles. The molecule has 0 atom stereocenters. The summed E-state index contributed by atoms with van der Waals surface area (Å²) in [4.78, 5) is 11.4. The molecule has 18 heavy (non-hydrogen) atoms. The number of anilines is 1. The Labute approximate surface area is 111 Å². The molecule has 2 amide bonds. The average Bonchev–Trinajstić information content (AvgIpc) is 2.17. The molecule has 0 saturated heterocycles. The minimum atomic E-state index is -4.47. The van der Waals surface area contributed by atoms with Gasteiger partial charge in [0.15, 0.2) is 0 Å². The highest BCUT2D eigenvalue weighted by Gasteiger charge is 2.33. The number of alkyl halides is 3. The second kappa shape index (κ2) is 5.60. The second-order valence-corrected chi connectivity index (χ2v) is 4.80. The van der Waals surface area contributed by atoms with Crippen LogP contribution in [-0.2, 0) is 6.18 Å². The van der Waals surface area contributed by atoms with E-state index < -0.39 is 17.8 Å². The van der Waals surface area contributed by atoms with Crippen molar-refractivity contribution >= 4 is 27.6 Å². The number of urea groups is 1. The summed E-state index contributed by atoms with van der Waals surface area (Å²) in [6, 6.07) is 2.87. The first-order chi connectivity index (χ1) is 8.20. The van der Waals surface area contributed by atoms with Gasteiger partial charge in [0.2, 0.25) is 0 Å². The Kier molecular flexibility index (Phi) is 4.61. The fraction of sp³-hybridized carbons (Fsp3) is 0.364. The van der Waals surface area contributed by atoms with Crippen LogP contribution in [-0.4, -0.2) is 12.1 Å². The van der Waals surface area contributed by atoms with E-state index >= 15 is 0 Å². The normalized spacial score (nSPS) is 11.5. The summed E-state index contributed by atoms with van der Waals surface area (Å²) >= 11 is 2.82. The molecule has 0 heterocycles. The summed E-state index contributed by atoms with van der Waals surface area (Å²) in [6.07, 6.45) is -4.47. The van der Waals surface area contributed by atoms with Crippen molar-refractivity contribution < 1.29 is 18.0 Å². The molecule has 1 aromatic rings. The minimum Gasteiger partial charge on any atom is -0.336 e. The van der Waals surface area contributed by atoms with Gasteiger partial charge in [0.25, 0.3) is 0 Å². The van der Waals surface area contributed by atoms with E-state index in [1.54, 1.807) is 13.8 Å². The van der Waals surface area contributed by atoms with Gasteiger partial charge in [-0.2, -0.15) is 13.2 Å². The fourth-order valence-electron chi connectivity index (χ4n) is 1.25. The van der Waals surface area contributed by atoms with Gasteiger partial charge >= 0.3 is 12.2 Å². The molecule has 0 fully saturated rings. The van der Waals surface area contributed by atoms with Crippen LogP contribution in [0, 0.1) is 0 Å². The predicted molar refractivity (Wildman–Crippen MR) is 66.4 cm³/mol. The predicted octanol–water partition coefficient (Wildman–Crippen LogP) is 4.00. The van der Waals surface area contributed by atoms with E-state index in [1.165, 1.54) is 12.1 Å². The zero-order valence-corrected chi connectivity index (χ0v) is 11.3. The van der Waals surface area contributed by atoms with Gasteiger partial charge in [-0.25, -0.2) is 4.79 Å². The smallest absolute Gasteiger partial charge is 0.336 e. The van der Waals surface area contributed by atoms with Crippen molar-refractivity contribution in [3.8, 4) is 0 Å². The summed E-state index contributed by atoms with van der Waals surface area (Å²) in [5, 5.41) is 4.86. The summed E-state index contributed by atoms with van der Waals surface area (Å²) in [5.74, 6) is 0. The Balaban J connectivity index is 2.89. The molecule has 1 aromatic carbocycles. The quantitative estimate of drug-likeness (QED) is 0.848. The maximum atomic E-state index is 12.6. The Morgan fingerprint density at radius 1 is 1.33 bits per heavy atom. The van der Waals surface area contributed by atoms with E-state index in [-0.39, 0.29) is 16.2 Å². The van der Waals surface area contributed by atoms with Crippen LogP contribution in [0.3, 0.4) is 0 Å². The summed E-state index contributed by atoms with van der Waals surface area (Å²) in [6.45, 7) is 3.50. The van der Waals surface area contributed by atoms with E-state index in [1.807, 2.05) is 0 Å². The van der Waals surface area contributed by atoms with Crippen LogP contribution in [0.1, 0.15) is 19.4 Å². The van der Waals surface area contributed by atoms with Crippen LogP contribution in [0.15, 0.2) is 22.7 Å². The summed E-state index contributed by atoms with van der Waals surface area (Å²) in [7, 11) is 0. The van der Waals surface area contributed by atoms with Crippen LogP contribution >= 0.6 is 15.9 Å². The standard InChI is InChI=1S/C11H12BrF3N2O/c1-6(2)16-10(18)17-7-3-4-9(12)8(5-7)11(13,14)15/h3-6H,1-2H3,(H2,16,17,18). The minimum absolute atomic E-state index is 0.0650. The molecule has 100 valence electrons. The van der Waals surface area contributed by atoms with Crippen LogP contribution < -0.4 is 10.6 Å². The maximum Gasteiger partial charge on any atom is 0.417 e. The third-order valence-electron chi connectivity index (χ3n) is 1.95. The topological polar surface area (TPSA) is 41.1 Å². The largest absolute Gasteiger partial charge is 0.417 e.